The van der Waals surface area contributed by atoms with Crippen LogP contribution in [-0.2, 0) is 0 Å². The Morgan fingerprint density at radius 1 is 1.29 bits per heavy atom. The molecule has 2 N–H and O–H groups in total. The lowest BCUT2D eigenvalue weighted by Crippen LogP contribution is -2.45. The second-order valence-corrected chi connectivity index (χ2v) is 4.42. The maximum absolute atomic E-state index is 9.33. The summed E-state index contributed by atoms with van der Waals surface area (Å²) in [5.41, 5.74) is 1.25. The van der Waals surface area contributed by atoms with Gasteiger partial charge in [-0.3, -0.25) is 4.90 Å². The number of benzene rings is 1. The number of nitrogens with zero attached hydrogens (tertiary/aromatic N) is 1. The summed E-state index contributed by atoms with van der Waals surface area (Å²) in [6, 6.07) is 7.91. The molecular formula is C14H20N2O. The average molecular weight is 232 g/mol. The molecule has 0 aromatic heterocycles. The van der Waals surface area contributed by atoms with Crippen LogP contribution in [0.3, 0.4) is 0 Å². The van der Waals surface area contributed by atoms with Crippen molar-refractivity contribution in [2.45, 2.75) is 12.5 Å². The molecule has 3 nitrogen and oxygen atoms in total. The van der Waals surface area contributed by atoms with Crippen LogP contribution in [0.25, 0.3) is 0 Å². The van der Waals surface area contributed by atoms with Crippen molar-refractivity contribution in [3.63, 3.8) is 0 Å². The van der Waals surface area contributed by atoms with E-state index in [9.17, 15) is 5.11 Å². The van der Waals surface area contributed by atoms with E-state index >= 15 is 0 Å². The molecule has 1 saturated heterocycles. The van der Waals surface area contributed by atoms with Crippen molar-refractivity contribution >= 4 is 0 Å². The molecule has 0 radical (unpaired) electrons. The number of hydrogen-bond donors (Lipinski definition) is 2. The molecule has 1 heterocycles. The first-order chi connectivity index (χ1) is 8.31. The van der Waals surface area contributed by atoms with Crippen LogP contribution in [0.5, 0.6) is 5.75 Å². The maximum atomic E-state index is 9.33. The lowest BCUT2D eigenvalue weighted by molar-refractivity contribution is 0.174. The fourth-order valence-electron chi connectivity index (χ4n) is 2.34. The molecule has 1 fully saturated rings. The highest BCUT2D eigenvalue weighted by atomic mass is 16.3. The number of aromatic hydroxyl groups is 1. The Labute approximate surface area is 103 Å². The molecule has 1 atom stereocenters. The van der Waals surface area contributed by atoms with Crippen LogP contribution >= 0.6 is 0 Å². The van der Waals surface area contributed by atoms with Crippen molar-refractivity contribution in [3.8, 4) is 5.75 Å². The van der Waals surface area contributed by atoms with Gasteiger partial charge in [0.1, 0.15) is 5.75 Å². The number of piperazine rings is 1. The summed E-state index contributed by atoms with van der Waals surface area (Å²) < 4.78 is 0. The molecule has 2 rings (SSSR count). The van der Waals surface area contributed by atoms with Crippen molar-refractivity contribution in [2.24, 2.45) is 0 Å². The maximum Gasteiger partial charge on any atom is 0.115 e. The molecule has 0 unspecified atom stereocenters. The molecule has 0 bridgehead atoms. The third-order valence-electron chi connectivity index (χ3n) is 3.26. The standard InChI is InChI=1S/C14H20N2O/c1-2-3-14(16-10-8-15-9-11-16)12-4-6-13(17)7-5-12/h2,4-7,14-15,17H,1,3,8-11H2/t14-/m1/s1. The summed E-state index contributed by atoms with van der Waals surface area (Å²) in [6.07, 6.45) is 2.92. The van der Waals surface area contributed by atoms with Gasteiger partial charge >= 0.3 is 0 Å². The first kappa shape index (κ1) is 12.1. The second-order valence-electron chi connectivity index (χ2n) is 4.42. The fourth-order valence-corrected chi connectivity index (χ4v) is 2.34. The molecular weight excluding hydrogens is 212 g/mol. The minimum atomic E-state index is 0.325. The predicted molar refractivity (Wildman–Crippen MR) is 70.1 cm³/mol. The quantitative estimate of drug-likeness (QED) is 0.778. The van der Waals surface area contributed by atoms with Gasteiger partial charge in [-0.15, -0.1) is 6.58 Å². The summed E-state index contributed by atoms with van der Waals surface area (Å²) >= 11 is 0. The van der Waals surface area contributed by atoms with Gasteiger partial charge < -0.3 is 10.4 Å². The first-order valence-electron chi connectivity index (χ1n) is 6.16. The number of hydrogen-bond acceptors (Lipinski definition) is 3. The topological polar surface area (TPSA) is 35.5 Å². The average Bonchev–Trinajstić information content (AvgIpc) is 2.38. The molecule has 0 saturated carbocycles. The van der Waals surface area contributed by atoms with Crippen molar-refractivity contribution in [1.82, 2.24) is 10.2 Å². The van der Waals surface area contributed by atoms with Crippen LogP contribution < -0.4 is 5.32 Å². The fraction of sp³-hybridized carbons (Fsp3) is 0.429. The van der Waals surface area contributed by atoms with Gasteiger partial charge in [0.05, 0.1) is 0 Å². The van der Waals surface area contributed by atoms with Crippen LogP contribution in [0.1, 0.15) is 18.0 Å². The van der Waals surface area contributed by atoms with E-state index in [0.29, 0.717) is 11.8 Å². The number of phenols is 1. The molecule has 92 valence electrons. The molecule has 3 heteroatoms. The highest BCUT2D eigenvalue weighted by Crippen LogP contribution is 2.26. The zero-order valence-electron chi connectivity index (χ0n) is 10.1. The van der Waals surface area contributed by atoms with Gasteiger partial charge in [-0.25, -0.2) is 0 Å². The van der Waals surface area contributed by atoms with Crippen LogP contribution in [0.2, 0.25) is 0 Å². The van der Waals surface area contributed by atoms with Crippen LogP contribution in [0.15, 0.2) is 36.9 Å². The van der Waals surface area contributed by atoms with E-state index in [1.54, 1.807) is 12.1 Å². The highest BCUT2D eigenvalue weighted by molar-refractivity contribution is 5.28. The Balaban J connectivity index is 2.15. The summed E-state index contributed by atoms with van der Waals surface area (Å²) in [6.45, 7) is 8.08. The number of rotatable bonds is 4. The Hall–Kier alpha value is -1.32. The van der Waals surface area contributed by atoms with E-state index in [1.165, 1.54) is 5.56 Å². The van der Waals surface area contributed by atoms with Crippen molar-refractivity contribution in [2.75, 3.05) is 26.2 Å². The summed E-state index contributed by atoms with van der Waals surface area (Å²) in [4.78, 5) is 2.48. The molecule has 0 spiro atoms. The number of nitrogens with one attached hydrogen (secondary N) is 1. The molecule has 1 aromatic rings. The number of phenolic OH excluding ortho intramolecular Hbond substituents is 1. The lowest BCUT2D eigenvalue weighted by Gasteiger charge is -2.34. The van der Waals surface area contributed by atoms with Crippen molar-refractivity contribution in [3.05, 3.63) is 42.5 Å². The lowest BCUT2D eigenvalue weighted by atomic mass is 10.0. The SMILES string of the molecule is C=CC[C@H](c1ccc(O)cc1)N1CCNCC1. The molecule has 0 amide bonds. The zero-order valence-corrected chi connectivity index (χ0v) is 10.1. The van der Waals surface area contributed by atoms with Gasteiger partial charge in [-0.05, 0) is 24.1 Å². The van der Waals surface area contributed by atoms with Crippen LogP contribution in [0.4, 0.5) is 0 Å². The monoisotopic (exact) mass is 232 g/mol. The van der Waals surface area contributed by atoms with E-state index < -0.39 is 0 Å². The Morgan fingerprint density at radius 2 is 1.94 bits per heavy atom. The zero-order chi connectivity index (χ0) is 12.1. The van der Waals surface area contributed by atoms with E-state index in [1.807, 2.05) is 18.2 Å². The molecule has 17 heavy (non-hydrogen) atoms. The van der Waals surface area contributed by atoms with E-state index in [2.05, 4.69) is 16.8 Å². The van der Waals surface area contributed by atoms with Crippen LogP contribution in [0, 0.1) is 0 Å². The van der Waals surface area contributed by atoms with Gasteiger partial charge in [0, 0.05) is 32.2 Å². The normalized spacial score (nSPS) is 18.8. The van der Waals surface area contributed by atoms with Gasteiger partial charge in [0.15, 0.2) is 0 Å². The highest BCUT2D eigenvalue weighted by Gasteiger charge is 2.20. The van der Waals surface area contributed by atoms with E-state index in [4.69, 9.17) is 0 Å². The van der Waals surface area contributed by atoms with Crippen molar-refractivity contribution < 1.29 is 5.11 Å². The third kappa shape index (κ3) is 3.08. The molecule has 1 aromatic carbocycles. The molecule has 1 aliphatic heterocycles. The second kappa shape index (κ2) is 5.84. The first-order valence-corrected chi connectivity index (χ1v) is 6.16. The van der Waals surface area contributed by atoms with Gasteiger partial charge in [-0.1, -0.05) is 18.2 Å². The molecule has 1 aliphatic rings. The summed E-state index contributed by atoms with van der Waals surface area (Å²) in [5, 5.41) is 12.7. The van der Waals surface area contributed by atoms with Gasteiger partial charge in [0.2, 0.25) is 0 Å². The van der Waals surface area contributed by atoms with Gasteiger partial charge in [-0.2, -0.15) is 0 Å². The predicted octanol–water partition coefficient (Wildman–Crippen LogP) is 1.91. The Morgan fingerprint density at radius 3 is 2.53 bits per heavy atom. The van der Waals surface area contributed by atoms with Crippen molar-refractivity contribution in [1.29, 1.82) is 0 Å². The summed E-state index contributed by atoms with van der Waals surface area (Å²) in [7, 11) is 0. The largest absolute Gasteiger partial charge is 0.508 e. The van der Waals surface area contributed by atoms with Crippen LogP contribution in [-0.4, -0.2) is 36.2 Å². The minimum Gasteiger partial charge on any atom is -0.508 e. The Kier molecular flexibility index (Phi) is 4.18. The van der Waals surface area contributed by atoms with Gasteiger partial charge in [0.25, 0.3) is 0 Å². The third-order valence-corrected chi connectivity index (χ3v) is 3.26. The molecule has 0 aliphatic carbocycles. The minimum absolute atomic E-state index is 0.325. The van der Waals surface area contributed by atoms with E-state index in [0.717, 1.165) is 32.6 Å². The van der Waals surface area contributed by atoms with E-state index in [-0.39, 0.29) is 0 Å². The Bertz CT molecular complexity index is 355. The summed E-state index contributed by atoms with van der Waals surface area (Å²) in [5.74, 6) is 0.325. The smallest absolute Gasteiger partial charge is 0.115 e.